The van der Waals surface area contributed by atoms with Crippen LogP contribution in [0.2, 0.25) is 0 Å². The van der Waals surface area contributed by atoms with Crippen LogP contribution >= 0.6 is 11.8 Å². The molecular formula is C21H20N4OS. The summed E-state index contributed by atoms with van der Waals surface area (Å²) in [5.74, 6) is 1.63. The zero-order valence-electron chi connectivity index (χ0n) is 14.8. The lowest BCUT2D eigenvalue weighted by molar-refractivity contribution is 0.0956. The second-order valence-corrected chi connectivity index (χ2v) is 7.10. The molecule has 0 radical (unpaired) electrons. The van der Waals surface area contributed by atoms with E-state index in [1.165, 1.54) is 0 Å². The monoisotopic (exact) mass is 376 g/mol. The van der Waals surface area contributed by atoms with Crippen LogP contribution in [0.4, 0.5) is 0 Å². The summed E-state index contributed by atoms with van der Waals surface area (Å²) < 4.78 is 2.11. The highest BCUT2D eigenvalue weighted by Crippen LogP contribution is 2.14. The van der Waals surface area contributed by atoms with Crippen LogP contribution in [0, 0.1) is 11.3 Å². The Labute approximate surface area is 163 Å². The number of hydrogen-bond donors (Lipinski definition) is 1. The van der Waals surface area contributed by atoms with Gasteiger partial charge in [0.25, 0.3) is 5.91 Å². The number of benzene rings is 2. The van der Waals surface area contributed by atoms with E-state index in [1.54, 1.807) is 11.8 Å². The Morgan fingerprint density at radius 2 is 1.93 bits per heavy atom. The third kappa shape index (κ3) is 5.47. The van der Waals surface area contributed by atoms with Crippen LogP contribution in [0.3, 0.4) is 0 Å². The number of thioether (sulfide) groups is 1. The fraction of sp³-hybridized carbons (Fsp3) is 0.190. The molecule has 0 aliphatic heterocycles. The van der Waals surface area contributed by atoms with Gasteiger partial charge in [-0.3, -0.25) is 4.79 Å². The number of imidazole rings is 1. The van der Waals surface area contributed by atoms with E-state index >= 15 is 0 Å². The highest BCUT2D eigenvalue weighted by Gasteiger charge is 2.05. The molecule has 0 spiro atoms. The van der Waals surface area contributed by atoms with E-state index in [9.17, 15) is 4.79 Å². The van der Waals surface area contributed by atoms with Gasteiger partial charge >= 0.3 is 0 Å². The van der Waals surface area contributed by atoms with Gasteiger partial charge in [0, 0.05) is 42.0 Å². The summed E-state index contributed by atoms with van der Waals surface area (Å²) in [6.45, 7) is 1.36. The molecule has 3 rings (SSSR count). The van der Waals surface area contributed by atoms with Crippen molar-refractivity contribution in [3.8, 4) is 6.07 Å². The number of carbonyl (C=O) groups is 1. The average molecular weight is 376 g/mol. The van der Waals surface area contributed by atoms with E-state index in [2.05, 4.69) is 20.9 Å². The normalized spacial score (nSPS) is 10.3. The molecule has 3 aromatic rings. The van der Waals surface area contributed by atoms with Gasteiger partial charge in [-0.2, -0.15) is 17.0 Å². The highest BCUT2D eigenvalue weighted by molar-refractivity contribution is 7.98. The van der Waals surface area contributed by atoms with Crippen molar-refractivity contribution >= 4 is 17.7 Å². The second-order valence-electron chi connectivity index (χ2n) is 6.00. The first-order chi connectivity index (χ1) is 13.3. The third-order valence-corrected chi connectivity index (χ3v) is 5.05. The minimum absolute atomic E-state index is 0.0398. The van der Waals surface area contributed by atoms with Gasteiger partial charge < -0.3 is 9.88 Å². The van der Waals surface area contributed by atoms with Crippen molar-refractivity contribution < 1.29 is 4.79 Å². The summed E-state index contributed by atoms with van der Waals surface area (Å²) in [5.41, 5.74) is 3.62. The first-order valence-corrected chi connectivity index (χ1v) is 9.81. The van der Waals surface area contributed by atoms with Gasteiger partial charge in [0.2, 0.25) is 0 Å². The molecule has 2 aromatic carbocycles. The Balaban J connectivity index is 1.43. The summed E-state index contributed by atoms with van der Waals surface area (Å²) >= 11 is 1.76. The minimum Gasteiger partial charge on any atom is -0.351 e. The molecule has 0 bridgehead atoms. The molecule has 1 N–H and O–H groups in total. The van der Waals surface area contributed by atoms with E-state index in [0.717, 1.165) is 29.3 Å². The molecular weight excluding hydrogens is 356 g/mol. The Kier molecular flexibility index (Phi) is 6.66. The van der Waals surface area contributed by atoms with Gasteiger partial charge in [0.05, 0.1) is 18.0 Å². The summed E-state index contributed by atoms with van der Waals surface area (Å²) in [5, 5.41) is 11.8. The van der Waals surface area contributed by atoms with Gasteiger partial charge in [0.1, 0.15) is 0 Å². The predicted octanol–water partition coefficient (Wildman–Crippen LogP) is 3.47. The zero-order valence-corrected chi connectivity index (χ0v) is 15.7. The standard InChI is InChI=1S/C21H20N4OS/c22-12-17-6-8-18(9-7-17)14-25-16-23-13-20(25)15-27-11-10-24-21(26)19-4-2-1-3-5-19/h1-9,13,16H,10-11,14-15H2,(H,24,26). The molecule has 27 heavy (non-hydrogen) atoms. The number of carbonyl (C=O) groups excluding carboxylic acids is 1. The number of amides is 1. The minimum atomic E-state index is -0.0398. The van der Waals surface area contributed by atoms with Crippen LogP contribution in [0.25, 0.3) is 0 Å². The first kappa shape index (κ1) is 18.7. The van der Waals surface area contributed by atoms with Crippen LogP contribution in [-0.4, -0.2) is 27.8 Å². The molecule has 0 fully saturated rings. The molecule has 1 heterocycles. The van der Waals surface area contributed by atoms with Crippen molar-refractivity contribution in [2.24, 2.45) is 0 Å². The van der Waals surface area contributed by atoms with Crippen LogP contribution in [-0.2, 0) is 12.3 Å². The van der Waals surface area contributed by atoms with Crippen LogP contribution < -0.4 is 5.32 Å². The topological polar surface area (TPSA) is 70.7 Å². The van der Waals surface area contributed by atoms with Crippen molar-refractivity contribution in [2.45, 2.75) is 12.3 Å². The van der Waals surface area contributed by atoms with Crippen molar-refractivity contribution in [3.05, 3.63) is 89.5 Å². The summed E-state index contributed by atoms with van der Waals surface area (Å²) in [6.07, 6.45) is 3.70. The van der Waals surface area contributed by atoms with Crippen LogP contribution in [0.1, 0.15) is 27.2 Å². The maximum Gasteiger partial charge on any atom is 0.251 e. The molecule has 0 aliphatic carbocycles. The smallest absolute Gasteiger partial charge is 0.251 e. The lowest BCUT2D eigenvalue weighted by Crippen LogP contribution is -2.25. The lowest BCUT2D eigenvalue weighted by atomic mass is 10.1. The number of aromatic nitrogens is 2. The Bertz CT molecular complexity index is 913. The maximum atomic E-state index is 12.0. The molecule has 5 nitrogen and oxygen atoms in total. The molecule has 0 atom stereocenters. The Morgan fingerprint density at radius 3 is 2.67 bits per heavy atom. The number of hydrogen-bond acceptors (Lipinski definition) is 4. The number of nitriles is 1. The fourth-order valence-electron chi connectivity index (χ4n) is 2.60. The molecule has 0 saturated carbocycles. The van der Waals surface area contributed by atoms with Gasteiger partial charge in [-0.15, -0.1) is 0 Å². The Hall–Kier alpha value is -3.04. The van der Waals surface area contributed by atoms with Crippen molar-refractivity contribution in [2.75, 3.05) is 12.3 Å². The second kappa shape index (κ2) is 9.60. The maximum absolute atomic E-state index is 12.0. The van der Waals surface area contributed by atoms with E-state index in [0.29, 0.717) is 17.7 Å². The van der Waals surface area contributed by atoms with Crippen molar-refractivity contribution in [3.63, 3.8) is 0 Å². The van der Waals surface area contributed by atoms with E-state index in [1.807, 2.05) is 67.1 Å². The van der Waals surface area contributed by atoms with Crippen LogP contribution in [0.5, 0.6) is 0 Å². The Morgan fingerprint density at radius 1 is 1.15 bits per heavy atom. The predicted molar refractivity (Wildman–Crippen MR) is 107 cm³/mol. The first-order valence-electron chi connectivity index (χ1n) is 8.65. The van der Waals surface area contributed by atoms with Gasteiger partial charge in [0.15, 0.2) is 0 Å². The number of rotatable bonds is 8. The molecule has 1 aromatic heterocycles. The van der Waals surface area contributed by atoms with E-state index < -0.39 is 0 Å². The fourth-order valence-corrected chi connectivity index (χ4v) is 3.44. The molecule has 0 saturated heterocycles. The van der Waals surface area contributed by atoms with Gasteiger partial charge in [-0.1, -0.05) is 30.3 Å². The quantitative estimate of drug-likeness (QED) is 0.611. The summed E-state index contributed by atoms with van der Waals surface area (Å²) in [6, 6.07) is 19.0. The van der Waals surface area contributed by atoms with Crippen LogP contribution in [0.15, 0.2) is 67.1 Å². The lowest BCUT2D eigenvalue weighted by Gasteiger charge is -2.09. The van der Waals surface area contributed by atoms with Gasteiger partial charge in [-0.25, -0.2) is 4.98 Å². The molecule has 136 valence electrons. The number of nitrogens with zero attached hydrogens (tertiary/aromatic N) is 3. The third-order valence-electron chi connectivity index (χ3n) is 4.05. The largest absolute Gasteiger partial charge is 0.351 e. The average Bonchev–Trinajstić information content (AvgIpc) is 3.15. The zero-order chi connectivity index (χ0) is 18.9. The summed E-state index contributed by atoms with van der Waals surface area (Å²) in [4.78, 5) is 16.2. The SMILES string of the molecule is N#Cc1ccc(Cn2cncc2CSCCNC(=O)c2ccccc2)cc1. The molecule has 0 unspecified atom stereocenters. The van der Waals surface area contributed by atoms with Gasteiger partial charge in [-0.05, 0) is 29.8 Å². The van der Waals surface area contributed by atoms with E-state index in [-0.39, 0.29) is 5.91 Å². The highest BCUT2D eigenvalue weighted by atomic mass is 32.2. The molecule has 0 aliphatic rings. The van der Waals surface area contributed by atoms with Crippen molar-refractivity contribution in [1.82, 2.24) is 14.9 Å². The number of nitrogens with one attached hydrogen (secondary N) is 1. The van der Waals surface area contributed by atoms with Crippen molar-refractivity contribution in [1.29, 1.82) is 5.26 Å². The summed E-state index contributed by atoms with van der Waals surface area (Å²) in [7, 11) is 0. The van der Waals surface area contributed by atoms with E-state index in [4.69, 9.17) is 5.26 Å². The molecule has 6 heteroatoms. The molecule has 1 amide bonds.